The normalized spacial score (nSPS) is 18.5. The van der Waals surface area contributed by atoms with E-state index in [4.69, 9.17) is 44.9 Å². The third-order valence-corrected chi connectivity index (χ3v) is 6.64. The number of benzene rings is 2. The van der Waals surface area contributed by atoms with Gasteiger partial charge in [-0.2, -0.15) is 0 Å². The Morgan fingerprint density at radius 3 is 2.68 bits per heavy atom. The monoisotopic (exact) mass is 494 g/mol. The predicted octanol–water partition coefficient (Wildman–Crippen LogP) is 4.86. The fourth-order valence-corrected chi connectivity index (χ4v) is 4.92. The standard InChI is InChI=1S/C22H20Cl2N2O3S2/c23-15-2-3-16(18(24)13-15)17-11-14(12-20-21(27)25-22(30)31-20)1-4-19(17)29-10-7-26-5-8-28-9-6-26/h1-4,11-13H,5-10H2,(H,25,27,30)/b20-12-. The Bertz CT molecular complexity index is 1040. The fraction of sp³-hybridized carbons (Fsp3) is 0.273. The first-order valence-corrected chi connectivity index (χ1v) is 11.7. The Morgan fingerprint density at radius 1 is 1.16 bits per heavy atom. The van der Waals surface area contributed by atoms with Crippen molar-refractivity contribution in [1.82, 2.24) is 10.2 Å². The van der Waals surface area contributed by atoms with Crippen LogP contribution in [0, 0.1) is 0 Å². The number of hydrogen-bond acceptors (Lipinski definition) is 6. The molecule has 2 heterocycles. The van der Waals surface area contributed by atoms with Gasteiger partial charge in [0.1, 0.15) is 16.7 Å². The van der Waals surface area contributed by atoms with Gasteiger partial charge in [0.05, 0.1) is 23.1 Å². The maximum Gasteiger partial charge on any atom is 0.263 e. The van der Waals surface area contributed by atoms with Gasteiger partial charge in [-0.25, -0.2) is 0 Å². The minimum Gasteiger partial charge on any atom is -0.492 e. The maximum absolute atomic E-state index is 12.0. The molecule has 2 fully saturated rings. The number of carbonyl (C=O) groups excluding carboxylic acids is 1. The SMILES string of the molecule is O=C1NC(=S)S/C1=C\c1ccc(OCCN2CCOCC2)c(-c2ccc(Cl)cc2Cl)c1. The van der Waals surface area contributed by atoms with Gasteiger partial charge in [0.2, 0.25) is 0 Å². The summed E-state index contributed by atoms with van der Waals surface area (Å²) in [7, 11) is 0. The summed E-state index contributed by atoms with van der Waals surface area (Å²) in [5, 5.41) is 3.73. The van der Waals surface area contributed by atoms with Gasteiger partial charge < -0.3 is 14.8 Å². The number of nitrogens with zero attached hydrogens (tertiary/aromatic N) is 1. The Morgan fingerprint density at radius 2 is 1.97 bits per heavy atom. The van der Waals surface area contributed by atoms with E-state index in [0.29, 0.717) is 25.9 Å². The zero-order valence-corrected chi connectivity index (χ0v) is 19.7. The molecule has 2 aromatic rings. The van der Waals surface area contributed by atoms with Crippen molar-refractivity contribution in [2.45, 2.75) is 0 Å². The number of halogens is 2. The first kappa shape index (κ1) is 22.6. The van der Waals surface area contributed by atoms with Gasteiger partial charge in [0.15, 0.2) is 0 Å². The largest absolute Gasteiger partial charge is 0.492 e. The molecule has 0 aromatic heterocycles. The van der Waals surface area contributed by atoms with Crippen LogP contribution in [0.15, 0.2) is 41.3 Å². The molecular formula is C22H20Cl2N2O3S2. The van der Waals surface area contributed by atoms with E-state index in [9.17, 15) is 4.79 Å². The Kier molecular flexibility index (Phi) is 7.53. The van der Waals surface area contributed by atoms with Gasteiger partial charge in [-0.15, -0.1) is 0 Å². The van der Waals surface area contributed by atoms with Crippen LogP contribution in [0.4, 0.5) is 0 Å². The molecule has 2 aliphatic rings. The molecule has 162 valence electrons. The predicted molar refractivity (Wildman–Crippen MR) is 131 cm³/mol. The zero-order valence-electron chi connectivity index (χ0n) is 16.5. The van der Waals surface area contributed by atoms with E-state index in [1.54, 1.807) is 12.1 Å². The Balaban J connectivity index is 1.61. The average Bonchev–Trinajstić information content (AvgIpc) is 3.06. The molecular weight excluding hydrogens is 475 g/mol. The van der Waals surface area contributed by atoms with Crippen LogP contribution < -0.4 is 10.1 Å². The van der Waals surface area contributed by atoms with Crippen molar-refractivity contribution in [2.75, 3.05) is 39.5 Å². The number of thioether (sulfide) groups is 1. The lowest BCUT2D eigenvalue weighted by Gasteiger charge is -2.26. The van der Waals surface area contributed by atoms with Gasteiger partial charge in [-0.3, -0.25) is 9.69 Å². The summed E-state index contributed by atoms with van der Waals surface area (Å²) in [5.41, 5.74) is 2.50. The number of morpholine rings is 1. The highest BCUT2D eigenvalue weighted by Gasteiger charge is 2.22. The summed E-state index contributed by atoms with van der Waals surface area (Å²) in [6.07, 6.45) is 1.81. The van der Waals surface area contributed by atoms with Crippen LogP contribution in [0.25, 0.3) is 17.2 Å². The van der Waals surface area contributed by atoms with Crippen molar-refractivity contribution in [3.8, 4) is 16.9 Å². The molecule has 2 aliphatic heterocycles. The second-order valence-electron chi connectivity index (χ2n) is 7.03. The number of rotatable bonds is 6. The molecule has 0 atom stereocenters. The number of thiocarbonyl (C=S) groups is 1. The molecule has 0 unspecified atom stereocenters. The summed E-state index contributed by atoms with van der Waals surface area (Å²) in [4.78, 5) is 14.9. The van der Waals surface area contributed by atoms with Gasteiger partial charge in [-0.05, 0) is 35.9 Å². The van der Waals surface area contributed by atoms with Crippen LogP contribution in [0.5, 0.6) is 5.75 Å². The molecule has 1 N–H and O–H groups in total. The van der Waals surface area contributed by atoms with E-state index in [1.165, 1.54) is 11.8 Å². The second-order valence-corrected chi connectivity index (χ2v) is 9.60. The van der Waals surface area contributed by atoms with Crippen molar-refractivity contribution in [1.29, 1.82) is 0 Å². The smallest absolute Gasteiger partial charge is 0.263 e. The van der Waals surface area contributed by atoms with Gasteiger partial charge in [0, 0.05) is 35.8 Å². The van der Waals surface area contributed by atoms with E-state index in [2.05, 4.69) is 10.2 Å². The molecule has 9 heteroatoms. The average molecular weight is 495 g/mol. The van der Waals surface area contributed by atoms with E-state index < -0.39 is 0 Å². The molecule has 0 spiro atoms. The zero-order chi connectivity index (χ0) is 21.8. The molecule has 1 amide bonds. The molecule has 2 saturated heterocycles. The number of amides is 1. The van der Waals surface area contributed by atoms with Crippen LogP contribution in [0.3, 0.4) is 0 Å². The van der Waals surface area contributed by atoms with Crippen LogP contribution in [-0.2, 0) is 9.53 Å². The highest BCUT2D eigenvalue weighted by molar-refractivity contribution is 8.26. The van der Waals surface area contributed by atoms with Crippen LogP contribution in [-0.4, -0.2) is 54.6 Å². The van der Waals surface area contributed by atoms with Gasteiger partial charge >= 0.3 is 0 Å². The van der Waals surface area contributed by atoms with Gasteiger partial charge in [0.25, 0.3) is 5.91 Å². The van der Waals surface area contributed by atoms with Crippen molar-refractivity contribution in [3.63, 3.8) is 0 Å². The molecule has 0 radical (unpaired) electrons. The van der Waals surface area contributed by atoms with Crippen LogP contribution in [0.2, 0.25) is 10.0 Å². The first-order valence-electron chi connectivity index (χ1n) is 9.77. The molecule has 2 aromatic carbocycles. The maximum atomic E-state index is 12.0. The summed E-state index contributed by atoms with van der Waals surface area (Å²) in [5.74, 6) is 0.533. The summed E-state index contributed by atoms with van der Waals surface area (Å²) in [6.45, 7) is 4.69. The number of hydrogen-bond donors (Lipinski definition) is 1. The minimum absolute atomic E-state index is 0.188. The van der Waals surface area contributed by atoms with E-state index in [-0.39, 0.29) is 5.91 Å². The fourth-order valence-electron chi connectivity index (χ4n) is 3.36. The third kappa shape index (κ3) is 5.80. The molecule has 4 rings (SSSR count). The van der Waals surface area contributed by atoms with Crippen molar-refractivity contribution in [2.24, 2.45) is 0 Å². The quantitative estimate of drug-likeness (QED) is 0.457. The van der Waals surface area contributed by atoms with Gasteiger partial charge in [-0.1, -0.05) is 59.3 Å². The minimum atomic E-state index is -0.188. The number of carbonyl (C=O) groups is 1. The summed E-state index contributed by atoms with van der Waals surface area (Å²) in [6, 6.07) is 11.2. The summed E-state index contributed by atoms with van der Waals surface area (Å²) >= 11 is 18.9. The summed E-state index contributed by atoms with van der Waals surface area (Å²) < 4.78 is 12.0. The topological polar surface area (TPSA) is 50.8 Å². The van der Waals surface area contributed by atoms with Crippen molar-refractivity contribution >= 4 is 63.5 Å². The van der Waals surface area contributed by atoms with E-state index in [1.807, 2.05) is 30.3 Å². The lowest BCUT2D eigenvalue weighted by Crippen LogP contribution is -2.38. The van der Waals surface area contributed by atoms with Crippen molar-refractivity contribution < 1.29 is 14.3 Å². The molecule has 5 nitrogen and oxygen atoms in total. The second kappa shape index (κ2) is 10.3. The Hall–Kier alpha value is -1.61. The van der Waals surface area contributed by atoms with E-state index in [0.717, 1.165) is 55.3 Å². The highest BCUT2D eigenvalue weighted by atomic mass is 35.5. The van der Waals surface area contributed by atoms with E-state index >= 15 is 0 Å². The lowest BCUT2D eigenvalue weighted by molar-refractivity contribution is -0.115. The van der Waals surface area contributed by atoms with Crippen molar-refractivity contribution in [3.05, 3.63) is 56.9 Å². The molecule has 0 saturated carbocycles. The lowest BCUT2D eigenvalue weighted by atomic mass is 10.0. The van der Waals surface area contributed by atoms with Crippen LogP contribution in [0.1, 0.15) is 5.56 Å². The number of ether oxygens (including phenoxy) is 2. The molecule has 0 bridgehead atoms. The van der Waals surface area contributed by atoms with Crippen LogP contribution >= 0.6 is 47.2 Å². The molecule has 0 aliphatic carbocycles. The Labute approximate surface area is 200 Å². The molecule has 31 heavy (non-hydrogen) atoms. The third-order valence-electron chi connectivity index (χ3n) is 4.93. The highest BCUT2D eigenvalue weighted by Crippen LogP contribution is 2.38. The number of nitrogens with one attached hydrogen (secondary N) is 1. The first-order chi connectivity index (χ1) is 15.0.